The Morgan fingerprint density at radius 3 is 2.19 bits per heavy atom. The minimum Gasteiger partial charge on any atom is -0.478 e. The number of hydrogen-bond donors (Lipinski definition) is 3. The van der Waals surface area contributed by atoms with Crippen molar-refractivity contribution in [3.63, 3.8) is 0 Å². The van der Waals surface area contributed by atoms with E-state index in [9.17, 15) is 14.7 Å². The number of carbonyl (C=O) groups is 2. The molecule has 0 aliphatic rings. The number of amides is 2. The van der Waals surface area contributed by atoms with Gasteiger partial charge in [0.25, 0.3) is 0 Å². The summed E-state index contributed by atoms with van der Waals surface area (Å²) < 4.78 is 0. The zero-order valence-corrected chi connectivity index (χ0v) is 13.1. The molecular weight excluding hydrogens is 268 g/mol. The van der Waals surface area contributed by atoms with Gasteiger partial charge in [0.2, 0.25) is 0 Å². The number of urea groups is 1. The smallest absolute Gasteiger partial charge is 0.337 e. The molecule has 0 fully saturated rings. The van der Waals surface area contributed by atoms with E-state index in [2.05, 4.69) is 10.6 Å². The number of carbonyl (C=O) groups excluding carboxylic acids is 1. The molecule has 0 aromatic heterocycles. The van der Waals surface area contributed by atoms with Gasteiger partial charge >= 0.3 is 12.0 Å². The lowest BCUT2D eigenvalue weighted by Crippen LogP contribution is -2.49. The van der Waals surface area contributed by atoms with Crippen LogP contribution < -0.4 is 10.6 Å². The van der Waals surface area contributed by atoms with Crippen LogP contribution in [0.5, 0.6) is 0 Å². The molecule has 0 saturated carbocycles. The number of carboxylic acids is 1. The number of anilines is 1. The molecule has 1 aromatic carbocycles. The Bertz CT molecular complexity index is 514. The standard InChI is InChI=1S/C16H24N2O3/c1-5-16(6-2,7-3)18-15(21)17-13-11(4)9-8-10-12(13)14(19)20/h8-10H,5-7H2,1-4H3,(H,19,20)(H2,17,18,21). The van der Waals surface area contributed by atoms with Crippen molar-refractivity contribution in [3.05, 3.63) is 29.3 Å². The topological polar surface area (TPSA) is 78.4 Å². The van der Waals surface area contributed by atoms with E-state index in [1.807, 2.05) is 20.8 Å². The maximum atomic E-state index is 12.2. The van der Waals surface area contributed by atoms with Gasteiger partial charge in [-0.1, -0.05) is 32.9 Å². The Morgan fingerprint density at radius 2 is 1.71 bits per heavy atom. The minimum absolute atomic E-state index is 0.0974. The van der Waals surface area contributed by atoms with Gasteiger partial charge < -0.3 is 15.7 Å². The second kappa shape index (κ2) is 7.11. The van der Waals surface area contributed by atoms with Crippen molar-refractivity contribution < 1.29 is 14.7 Å². The van der Waals surface area contributed by atoms with Gasteiger partial charge in [0, 0.05) is 5.54 Å². The molecule has 0 aliphatic heterocycles. The fraction of sp³-hybridized carbons (Fsp3) is 0.500. The number of nitrogens with one attached hydrogen (secondary N) is 2. The quantitative estimate of drug-likeness (QED) is 0.746. The van der Waals surface area contributed by atoms with Crippen LogP contribution in [0, 0.1) is 6.92 Å². The zero-order valence-electron chi connectivity index (χ0n) is 13.1. The first-order valence-electron chi connectivity index (χ1n) is 7.31. The number of aromatic carboxylic acids is 1. The third kappa shape index (κ3) is 3.97. The second-order valence-corrected chi connectivity index (χ2v) is 5.22. The lowest BCUT2D eigenvalue weighted by atomic mass is 9.90. The summed E-state index contributed by atoms with van der Waals surface area (Å²) in [7, 11) is 0. The lowest BCUT2D eigenvalue weighted by Gasteiger charge is -2.32. The van der Waals surface area contributed by atoms with E-state index >= 15 is 0 Å². The molecule has 1 rings (SSSR count). The Hall–Kier alpha value is -2.04. The first-order chi connectivity index (χ1) is 9.89. The highest BCUT2D eigenvalue weighted by Crippen LogP contribution is 2.22. The van der Waals surface area contributed by atoms with E-state index in [1.165, 1.54) is 6.07 Å². The second-order valence-electron chi connectivity index (χ2n) is 5.22. The predicted molar refractivity (Wildman–Crippen MR) is 83.9 cm³/mol. The summed E-state index contributed by atoms with van der Waals surface area (Å²) >= 11 is 0. The molecule has 0 atom stereocenters. The Balaban J connectivity index is 2.96. The van der Waals surface area contributed by atoms with Crippen LogP contribution >= 0.6 is 0 Å². The van der Waals surface area contributed by atoms with Gasteiger partial charge in [-0.3, -0.25) is 0 Å². The first-order valence-corrected chi connectivity index (χ1v) is 7.31. The molecule has 116 valence electrons. The van der Waals surface area contributed by atoms with Gasteiger partial charge in [0.05, 0.1) is 11.3 Å². The summed E-state index contributed by atoms with van der Waals surface area (Å²) in [5.74, 6) is -1.05. The average Bonchev–Trinajstić information content (AvgIpc) is 2.46. The number of rotatable bonds is 6. The predicted octanol–water partition coefficient (Wildman–Crippen LogP) is 3.78. The van der Waals surface area contributed by atoms with E-state index in [4.69, 9.17) is 0 Å². The molecule has 5 nitrogen and oxygen atoms in total. The molecule has 0 radical (unpaired) electrons. The molecule has 0 saturated heterocycles. The minimum atomic E-state index is -1.05. The number of hydrogen-bond acceptors (Lipinski definition) is 2. The summed E-state index contributed by atoms with van der Waals surface area (Å²) in [4.78, 5) is 23.5. The number of aryl methyl sites for hydroxylation is 1. The molecule has 0 spiro atoms. The van der Waals surface area contributed by atoms with Crippen molar-refractivity contribution in [1.82, 2.24) is 5.32 Å². The summed E-state index contributed by atoms with van der Waals surface area (Å²) in [6.07, 6.45) is 2.48. The molecule has 0 aliphatic carbocycles. The van der Waals surface area contributed by atoms with E-state index in [0.29, 0.717) is 5.69 Å². The number of para-hydroxylation sites is 1. The van der Waals surface area contributed by atoms with Crippen molar-refractivity contribution in [3.8, 4) is 0 Å². The van der Waals surface area contributed by atoms with Crippen molar-refractivity contribution in [2.24, 2.45) is 0 Å². The number of carboxylic acid groups (broad SMARTS) is 1. The molecule has 0 heterocycles. The molecule has 5 heteroatoms. The van der Waals surface area contributed by atoms with Gasteiger partial charge in [-0.25, -0.2) is 9.59 Å². The van der Waals surface area contributed by atoms with Crippen LogP contribution in [0.25, 0.3) is 0 Å². The first kappa shape index (κ1) is 17.0. The summed E-state index contributed by atoms with van der Waals surface area (Å²) in [6, 6.07) is 4.56. The fourth-order valence-corrected chi connectivity index (χ4v) is 2.41. The lowest BCUT2D eigenvalue weighted by molar-refractivity contribution is 0.0698. The summed E-state index contributed by atoms with van der Waals surface area (Å²) in [5, 5.41) is 14.9. The molecule has 3 N–H and O–H groups in total. The van der Waals surface area contributed by atoms with Crippen molar-refractivity contribution in [2.45, 2.75) is 52.5 Å². The van der Waals surface area contributed by atoms with Crippen LogP contribution in [0.3, 0.4) is 0 Å². The maximum Gasteiger partial charge on any atom is 0.337 e. The van der Waals surface area contributed by atoms with E-state index in [-0.39, 0.29) is 17.1 Å². The Labute approximate surface area is 125 Å². The van der Waals surface area contributed by atoms with Crippen LogP contribution in [-0.4, -0.2) is 22.6 Å². The van der Waals surface area contributed by atoms with Gasteiger partial charge in [0.15, 0.2) is 0 Å². The van der Waals surface area contributed by atoms with Crippen molar-refractivity contribution in [1.29, 1.82) is 0 Å². The van der Waals surface area contributed by atoms with Crippen LogP contribution in [0.15, 0.2) is 18.2 Å². The molecule has 2 amide bonds. The van der Waals surface area contributed by atoms with E-state index < -0.39 is 5.97 Å². The van der Waals surface area contributed by atoms with Crippen LogP contribution in [0.2, 0.25) is 0 Å². The van der Waals surface area contributed by atoms with E-state index in [0.717, 1.165) is 24.8 Å². The third-order valence-corrected chi connectivity index (χ3v) is 4.15. The normalized spacial score (nSPS) is 11.0. The largest absolute Gasteiger partial charge is 0.478 e. The molecule has 21 heavy (non-hydrogen) atoms. The SMILES string of the molecule is CCC(CC)(CC)NC(=O)Nc1c(C)cccc1C(=O)O. The summed E-state index contributed by atoms with van der Waals surface area (Å²) in [6.45, 7) is 7.87. The van der Waals surface area contributed by atoms with Gasteiger partial charge in [-0.15, -0.1) is 0 Å². The highest BCUT2D eigenvalue weighted by molar-refractivity contribution is 6.01. The van der Waals surface area contributed by atoms with Gasteiger partial charge in [0.1, 0.15) is 0 Å². The zero-order chi connectivity index (χ0) is 16.0. The average molecular weight is 292 g/mol. The van der Waals surface area contributed by atoms with Gasteiger partial charge in [-0.2, -0.15) is 0 Å². The summed E-state index contributed by atoms with van der Waals surface area (Å²) in [5.41, 5.74) is 0.913. The number of benzene rings is 1. The van der Waals surface area contributed by atoms with Gasteiger partial charge in [-0.05, 0) is 37.8 Å². The highest BCUT2D eigenvalue weighted by Gasteiger charge is 2.26. The van der Waals surface area contributed by atoms with E-state index in [1.54, 1.807) is 19.1 Å². The van der Waals surface area contributed by atoms with Crippen LogP contribution in [0.4, 0.5) is 10.5 Å². The highest BCUT2D eigenvalue weighted by atomic mass is 16.4. The van der Waals surface area contributed by atoms with Crippen molar-refractivity contribution in [2.75, 3.05) is 5.32 Å². The van der Waals surface area contributed by atoms with Crippen LogP contribution in [0.1, 0.15) is 56.0 Å². The Kier molecular flexibility index (Phi) is 5.76. The maximum absolute atomic E-state index is 12.2. The Morgan fingerprint density at radius 1 is 1.14 bits per heavy atom. The van der Waals surface area contributed by atoms with Crippen LogP contribution in [-0.2, 0) is 0 Å². The molecule has 0 bridgehead atoms. The van der Waals surface area contributed by atoms with Crippen molar-refractivity contribution >= 4 is 17.7 Å². The monoisotopic (exact) mass is 292 g/mol. The molecular formula is C16H24N2O3. The molecule has 1 aromatic rings. The molecule has 0 unspecified atom stereocenters. The third-order valence-electron chi connectivity index (χ3n) is 4.15. The fourth-order valence-electron chi connectivity index (χ4n) is 2.41.